The number of ether oxygens (including phenoxy) is 2. The molecule has 5 nitrogen and oxygen atoms in total. The molecule has 0 aromatic heterocycles. The molecule has 1 aromatic rings. The first-order valence-electron chi connectivity index (χ1n) is 6.28. The smallest absolute Gasteiger partial charge is 0.420 e. The Balaban J connectivity index is 2.62. The Labute approximate surface area is 118 Å². The van der Waals surface area contributed by atoms with Gasteiger partial charge in [0.05, 0.1) is 19.1 Å². The number of alkyl halides is 3. The van der Waals surface area contributed by atoms with Crippen LogP contribution < -0.4 is 15.2 Å². The molecule has 8 heteroatoms. The molecule has 0 bridgehead atoms. The number of hydrogen-bond donors (Lipinski definition) is 2. The summed E-state index contributed by atoms with van der Waals surface area (Å²) in [6.07, 6.45) is -4.20. The Morgan fingerprint density at radius 2 is 1.90 bits per heavy atom. The van der Waals surface area contributed by atoms with Gasteiger partial charge >= 0.3 is 12.1 Å². The summed E-state index contributed by atoms with van der Waals surface area (Å²) in [6, 6.07) is 1.89. The molecule has 1 aliphatic heterocycles. The Kier molecular flexibility index (Phi) is 4.26. The van der Waals surface area contributed by atoms with E-state index < -0.39 is 29.4 Å². The van der Waals surface area contributed by atoms with Crippen molar-refractivity contribution in [2.24, 2.45) is 5.73 Å². The third kappa shape index (κ3) is 3.05. The number of fused-ring (bicyclic) bond motifs is 1. The standard InChI is InChI=1S/C13H14F3NO4/c14-13(15,16)9-3-2-7(8(6-17)12(18)19)10-11(9)21-5-1-4-20-10/h2-3,8H,1,4-6,17H2,(H,18,19). The molecule has 1 atom stereocenters. The van der Waals surface area contributed by atoms with Gasteiger partial charge in [0.2, 0.25) is 0 Å². The Hall–Kier alpha value is -1.96. The maximum Gasteiger partial charge on any atom is 0.420 e. The lowest BCUT2D eigenvalue weighted by Crippen LogP contribution is -2.22. The zero-order valence-corrected chi connectivity index (χ0v) is 10.9. The van der Waals surface area contributed by atoms with Crippen LogP contribution in [0.25, 0.3) is 0 Å². The highest BCUT2D eigenvalue weighted by atomic mass is 19.4. The summed E-state index contributed by atoms with van der Waals surface area (Å²) in [5, 5.41) is 9.13. The van der Waals surface area contributed by atoms with Gasteiger partial charge in [-0.15, -0.1) is 0 Å². The van der Waals surface area contributed by atoms with Crippen LogP contribution in [0.5, 0.6) is 11.5 Å². The predicted molar refractivity (Wildman–Crippen MR) is 66.5 cm³/mol. The monoisotopic (exact) mass is 305 g/mol. The molecular weight excluding hydrogens is 291 g/mol. The van der Waals surface area contributed by atoms with Crippen molar-refractivity contribution in [3.05, 3.63) is 23.3 Å². The van der Waals surface area contributed by atoms with E-state index in [0.29, 0.717) is 6.42 Å². The molecular formula is C13H14F3NO4. The van der Waals surface area contributed by atoms with Crippen LogP contribution in [0.15, 0.2) is 12.1 Å². The average molecular weight is 305 g/mol. The molecule has 1 aromatic carbocycles. The highest BCUT2D eigenvalue weighted by molar-refractivity contribution is 5.78. The van der Waals surface area contributed by atoms with E-state index in [4.69, 9.17) is 20.3 Å². The van der Waals surface area contributed by atoms with Gasteiger partial charge in [0.1, 0.15) is 5.56 Å². The molecule has 1 aliphatic rings. The number of carboxylic acid groups (broad SMARTS) is 1. The van der Waals surface area contributed by atoms with Crippen molar-refractivity contribution in [3.8, 4) is 11.5 Å². The van der Waals surface area contributed by atoms with Crippen LogP contribution in [0, 0.1) is 0 Å². The quantitative estimate of drug-likeness (QED) is 0.892. The number of hydrogen-bond acceptors (Lipinski definition) is 4. The van der Waals surface area contributed by atoms with Gasteiger partial charge in [0, 0.05) is 18.5 Å². The van der Waals surface area contributed by atoms with Crippen molar-refractivity contribution in [3.63, 3.8) is 0 Å². The summed E-state index contributed by atoms with van der Waals surface area (Å²) in [5.74, 6) is -3.02. The van der Waals surface area contributed by atoms with Gasteiger partial charge in [0.15, 0.2) is 11.5 Å². The second-order valence-corrected chi connectivity index (χ2v) is 4.54. The lowest BCUT2D eigenvalue weighted by atomic mass is 9.96. The molecule has 3 N–H and O–H groups in total. The number of nitrogens with two attached hydrogens (primary N) is 1. The van der Waals surface area contributed by atoms with Crippen molar-refractivity contribution in [2.45, 2.75) is 18.5 Å². The van der Waals surface area contributed by atoms with Gasteiger partial charge in [-0.1, -0.05) is 6.07 Å². The molecule has 0 radical (unpaired) electrons. The van der Waals surface area contributed by atoms with Crippen LogP contribution in [-0.2, 0) is 11.0 Å². The van der Waals surface area contributed by atoms with E-state index in [-0.39, 0.29) is 31.1 Å². The second-order valence-electron chi connectivity index (χ2n) is 4.54. The molecule has 116 valence electrons. The van der Waals surface area contributed by atoms with E-state index in [1.54, 1.807) is 0 Å². The van der Waals surface area contributed by atoms with Crippen LogP contribution in [0.1, 0.15) is 23.5 Å². The van der Waals surface area contributed by atoms with Crippen LogP contribution in [0.4, 0.5) is 13.2 Å². The Morgan fingerprint density at radius 1 is 1.29 bits per heavy atom. The van der Waals surface area contributed by atoms with Gasteiger partial charge in [-0.25, -0.2) is 0 Å². The van der Waals surface area contributed by atoms with E-state index in [2.05, 4.69) is 0 Å². The highest BCUT2D eigenvalue weighted by Gasteiger charge is 2.38. The first kappa shape index (κ1) is 15.4. The van der Waals surface area contributed by atoms with E-state index in [1.165, 1.54) is 0 Å². The van der Waals surface area contributed by atoms with Crippen molar-refractivity contribution < 1.29 is 32.5 Å². The third-order valence-corrected chi connectivity index (χ3v) is 3.14. The van der Waals surface area contributed by atoms with Gasteiger partial charge in [-0.05, 0) is 6.07 Å². The maximum atomic E-state index is 13.0. The van der Waals surface area contributed by atoms with E-state index in [9.17, 15) is 18.0 Å². The van der Waals surface area contributed by atoms with Gasteiger partial charge < -0.3 is 20.3 Å². The fourth-order valence-electron chi connectivity index (χ4n) is 2.14. The highest BCUT2D eigenvalue weighted by Crippen LogP contribution is 2.46. The number of halogens is 3. The Morgan fingerprint density at radius 3 is 2.43 bits per heavy atom. The minimum atomic E-state index is -4.61. The van der Waals surface area contributed by atoms with Crippen LogP contribution in [0.2, 0.25) is 0 Å². The summed E-state index contributed by atoms with van der Waals surface area (Å²) >= 11 is 0. The molecule has 0 fully saturated rings. The molecule has 0 saturated carbocycles. The average Bonchev–Trinajstić information content (AvgIpc) is 2.63. The minimum absolute atomic E-state index is 0.0693. The first-order valence-corrected chi connectivity index (χ1v) is 6.28. The van der Waals surface area contributed by atoms with Gasteiger partial charge in [-0.2, -0.15) is 13.2 Å². The molecule has 0 saturated heterocycles. The lowest BCUT2D eigenvalue weighted by molar-refractivity contribution is -0.139. The van der Waals surface area contributed by atoms with Crippen molar-refractivity contribution in [2.75, 3.05) is 19.8 Å². The van der Waals surface area contributed by atoms with Crippen molar-refractivity contribution in [1.29, 1.82) is 0 Å². The summed E-state index contributed by atoms with van der Waals surface area (Å²) in [7, 11) is 0. The molecule has 1 unspecified atom stereocenters. The van der Waals surface area contributed by atoms with Crippen molar-refractivity contribution >= 4 is 5.97 Å². The van der Waals surface area contributed by atoms with Gasteiger partial charge in [0.25, 0.3) is 0 Å². The lowest BCUT2D eigenvalue weighted by Gasteiger charge is -2.20. The topological polar surface area (TPSA) is 81.8 Å². The van der Waals surface area contributed by atoms with Crippen LogP contribution >= 0.6 is 0 Å². The molecule has 0 amide bonds. The predicted octanol–water partition coefficient (Wildman–Crippen LogP) is 1.99. The van der Waals surface area contributed by atoms with Crippen molar-refractivity contribution in [1.82, 2.24) is 0 Å². The summed E-state index contributed by atoms with van der Waals surface area (Å²) in [5.41, 5.74) is 4.51. The first-order chi connectivity index (χ1) is 9.86. The molecule has 2 rings (SSSR count). The zero-order chi connectivity index (χ0) is 15.6. The van der Waals surface area contributed by atoms with Gasteiger partial charge in [-0.3, -0.25) is 4.79 Å². The largest absolute Gasteiger partial charge is 0.489 e. The third-order valence-electron chi connectivity index (χ3n) is 3.14. The second kappa shape index (κ2) is 5.80. The number of carboxylic acids is 1. The van der Waals surface area contributed by atoms with Crippen LogP contribution in [-0.4, -0.2) is 30.8 Å². The van der Waals surface area contributed by atoms with E-state index >= 15 is 0 Å². The zero-order valence-electron chi connectivity index (χ0n) is 10.9. The molecule has 21 heavy (non-hydrogen) atoms. The SMILES string of the molecule is NCC(C(=O)O)c1ccc(C(F)(F)F)c2c1OCCCO2. The summed E-state index contributed by atoms with van der Waals surface area (Å²) < 4.78 is 49.5. The fourth-order valence-corrected chi connectivity index (χ4v) is 2.14. The fraction of sp³-hybridized carbons (Fsp3) is 0.462. The Bertz CT molecular complexity index is 545. The minimum Gasteiger partial charge on any atom is -0.489 e. The molecule has 0 aliphatic carbocycles. The van der Waals surface area contributed by atoms with E-state index in [1.807, 2.05) is 0 Å². The summed E-state index contributed by atoms with van der Waals surface area (Å²) in [6.45, 7) is -0.0331. The number of carbonyl (C=O) groups is 1. The number of benzene rings is 1. The number of rotatable bonds is 3. The molecule has 1 heterocycles. The van der Waals surface area contributed by atoms with E-state index in [0.717, 1.165) is 12.1 Å². The summed E-state index contributed by atoms with van der Waals surface area (Å²) in [4.78, 5) is 11.2. The number of aliphatic carboxylic acids is 1. The molecule has 0 spiro atoms. The normalized spacial score (nSPS) is 16.2. The van der Waals surface area contributed by atoms with Crippen LogP contribution in [0.3, 0.4) is 0 Å². The maximum absolute atomic E-state index is 13.0.